The van der Waals surface area contributed by atoms with Crippen molar-refractivity contribution in [2.75, 3.05) is 25.0 Å². The molecule has 8 nitrogen and oxygen atoms in total. The van der Waals surface area contributed by atoms with Crippen LogP contribution in [0.4, 0.5) is 10.5 Å². The highest BCUT2D eigenvalue weighted by Crippen LogP contribution is 2.30. The number of sulfonamides is 1. The van der Waals surface area contributed by atoms with E-state index < -0.39 is 10.0 Å². The van der Waals surface area contributed by atoms with E-state index >= 15 is 0 Å². The second-order valence-corrected chi connectivity index (χ2v) is 10.6. The zero-order valence-corrected chi connectivity index (χ0v) is 21.5. The maximum Gasteiger partial charge on any atom is 0.409 e. The van der Waals surface area contributed by atoms with Crippen LogP contribution in [0.25, 0.3) is 10.8 Å². The van der Waals surface area contributed by atoms with E-state index in [-0.39, 0.29) is 22.9 Å². The molecule has 1 saturated heterocycles. The van der Waals surface area contributed by atoms with E-state index in [2.05, 4.69) is 10.0 Å². The number of nitrogens with one attached hydrogen (secondary N) is 2. The molecule has 4 rings (SSSR count). The molecule has 190 valence electrons. The maximum atomic E-state index is 13.4. The number of ether oxygens (including phenoxy) is 1. The van der Waals surface area contributed by atoms with Crippen molar-refractivity contribution in [3.05, 3.63) is 71.3 Å². The Labute approximate surface area is 211 Å². The molecule has 0 unspecified atom stereocenters. The lowest BCUT2D eigenvalue weighted by molar-refractivity contribution is 0.0964. The topological polar surface area (TPSA) is 105 Å². The van der Waals surface area contributed by atoms with E-state index in [1.165, 1.54) is 6.07 Å². The van der Waals surface area contributed by atoms with E-state index in [4.69, 9.17) is 4.74 Å². The zero-order chi connectivity index (χ0) is 25.9. The van der Waals surface area contributed by atoms with Crippen LogP contribution in [-0.4, -0.2) is 51.1 Å². The van der Waals surface area contributed by atoms with Crippen molar-refractivity contribution >= 4 is 38.5 Å². The molecule has 0 aromatic heterocycles. The number of aryl methyl sites for hydroxylation is 1. The van der Waals surface area contributed by atoms with E-state index in [1.54, 1.807) is 42.2 Å². The number of hydrogen-bond acceptors (Lipinski definition) is 5. The number of likely N-dealkylation sites (tertiary alicyclic amines) is 1. The van der Waals surface area contributed by atoms with Gasteiger partial charge < -0.3 is 15.0 Å². The number of hydrogen-bond donors (Lipinski definition) is 2. The van der Waals surface area contributed by atoms with Gasteiger partial charge in [0.1, 0.15) is 0 Å². The van der Waals surface area contributed by atoms with Crippen molar-refractivity contribution in [1.29, 1.82) is 0 Å². The number of anilines is 1. The number of carbonyl (C=O) groups excluding carboxylic acids is 2. The molecule has 1 heterocycles. The first-order valence-corrected chi connectivity index (χ1v) is 13.5. The number of carbonyl (C=O) groups is 2. The molecule has 3 aromatic rings. The van der Waals surface area contributed by atoms with Gasteiger partial charge in [0.05, 0.1) is 11.5 Å². The van der Waals surface area contributed by atoms with Gasteiger partial charge in [-0.25, -0.2) is 17.9 Å². The van der Waals surface area contributed by atoms with Gasteiger partial charge in [-0.05, 0) is 62.9 Å². The lowest BCUT2D eigenvalue weighted by Gasteiger charge is -2.31. The first kappa shape index (κ1) is 25.7. The molecule has 1 aliphatic heterocycles. The molecule has 0 radical (unpaired) electrons. The van der Waals surface area contributed by atoms with Gasteiger partial charge in [0.15, 0.2) is 0 Å². The number of fused-ring (bicyclic) bond motifs is 1. The van der Waals surface area contributed by atoms with E-state index in [1.807, 2.05) is 32.0 Å². The summed E-state index contributed by atoms with van der Waals surface area (Å²) in [6.45, 7) is 6.77. The van der Waals surface area contributed by atoms with Crippen molar-refractivity contribution in [3.8, 4) is 0 Å². The van der Waals surface area contributed by atoms with Crippen LogP contribution in [0.2, 0.25) is 0 Å². The van der Waals surface area contributed by atoms with E-state index in [9.17, 15) is 18.0 Å². The van der Waals surface area contributed by atoms with Crippen LogP contribution in [0.3, 0.4) is 0 Å². The van der Waals surface area contributed by atoms with Crippen LogP contribution in [0, 0.1) is 13.8 Å². The van der Waals surface area contributed by atoms with E-state index in [0.717, 1.165) is 11.1 Å². The van der Waals surface area contributed by atoms with Gasteiger partial charge in [0.25, 0.3) is 5.91 Å². The Bertz CT molecular complexity index is 1400. The fourth-order valence-corrected chi connectivity index (χ4v) is 6.00. The number of rotatable bonds is 6. The Morgan fingerprint density at radius 3 is 2.36 bits per heavy atom. The SMILES string of the molecule is CCOC(=O)N1CCC(NS(=O)(=O)c2ccc(NC(=O)c3cccc(C)c3C)c3ccccc23)CC1. The molecule has 0 bridgehead atoms. The summed E-state index contributed by atoms with van der Waals surface area (Å²) in [5, 5.41) is 4.11. The molecular formula is C27H31N3O5S. The second-order valence-electron chi connectivity index (χ2n) is 8.94. The fourth-order valence-electron chi connectivity index (χ4n) is 4.48. The Balaban J connectivity index is 1.55. The average Bonchev–Trinajstić information content (AvgIpc) is 2.86. The third-order valence-electron chi connectivity index (χ3n) is 6.61. The summed E-state index contributed by atoms with van der Waals surface area (Å²) in [4.78, 5) is 26.7. The molecule has 2 N–H and O–H groups in total. The minimum atomic E-state index is -3.84. The smallest absolute Gasteiger partial charge is 0.409 e. The van der Waals surface area contributed by atoms with Crippen molar-refractivity contribution in [1.82, 2.24) is 9.62 Å². The van der Waals surface area contributed by atoms with Gasteiger partial charge in [-0.1, -0.05) is 36.4 Å². The number of piperidine rings is 1. The third-order valence-corrected chi connectivity index (χ3v) is 8.19. The maximum absolute atomic E-state index is 13.4. The Morgan fingerprint density at radius 1 is 0.972 bits per heavy atom. The molecule has 1 aliphatic rings. The molecule has 0 aliphatic carbocycles. The summed E-state index contributed by atoms with van der Waals surface area (Å²) in [6, 6.07) is 15.5. The summed E-state index contributed by atoms with van der Waals surface area (Å²) < 4.78 is 34.6. The Hall–Kier alpha value is -3.43. The summed E-state index contributed by atoms with van der Waals surface area (Å²) in [7, 11) is -3.84. The van der Waals surface area contributed by atoms with Crippen LogP contribution in [0.5, 0.6) is 0 Å². The number of benzene rings is 3. The largest absolute Gasteiger partial charge is 0.450 e. The Kier molecular flexibility index (Phi) is 7.61. The van der Waals surface area contributed by atoms with E-state index in [0.29, 0.717) is 54.6 Å². The van der Waals surface area contributed by atoms with Crippen molar-refractivity contribution in [2.45, 2.75) is 44.6 Å². The molecule has 2 amide bonds. The molecular weight excluding hydrogens is 478 g/mol. The van der Waals surface area contributed by atoms with Crippen molar-refractivity contribution in [3.63, 3.8) is 0 Å². The van der Waals surface area contributed by atoms with Gasteiger partial charge in [0, 0.05) is 41.2 Å². The highest BCUT2D eigenvalue weighted by atomic mass is 32.2. The van der Waals surface area contributed by atoms with Gasteiger partial charge in [-0.3, -0.25) is 4.79 Å². The van der Waals surface area contributed by atoms with Gasteiger partial charge >= 0.3 is 6.09 Å². The second kappa shape index (κ2) is 10.7. The molecule has 3 aromatic carbocycles. The first-order valence-electron chi connectivity index (χ1n) is 12.0. The van der Waals surface area contributed by atoms with Gasteiger partial charge in [0.2, 0.25) is 10.0 Å². The minimum Gasteiger partial charge on any atom is -0.450 e. The van der Waals surface area contributed by atoms with Crippen LogP contribution in [-0.2, 0) is 14.8 Å². The third kappa shape index (κ3) is 5.37. The molecule has 9 heteroatoms. The van der Waals surface area contributed by atoms with Gasteiger partial charge in [-0.15, -0.1) is 0 Å². The normalized spacial score (nSPS) is 14.6. The average molecular weight is 510 g/mol. The minimum absolute atomic E-state index is 0.149. The summed E-state index contributed by atoms with van der Waals surface area (Å²) >= 11 is 0. The number of amides is 2. The molecule has 0 saturated carbocycles. The molecule has 1 fully saturated rings. The lowest BCUT2D eigenvalue weighted by Crippen LogP contribution is -2.46. The van der Waals surface area contributed by atoms with Crippen molar-refractivity contribution in [2.24, 2.45) is 0 Å². The monoisotopic (exact) mass is 509 g/mol. The fraction of sp³-hybridized carbons (Fsp3) is 0.333. The standard InChI is InChI=1S/C27H31N3O5S/c1-4-35-27(32)30-16-14-20(15-17-30)29-36(33,34)25-13-12-24(22-9-5-6-10-23(22)25)28-26(31)21-11-7-8-18(2)19(21)3/h5-13,20,29H,4,14-17H2,1-3H3,(H,28,31). The van der Waals surface area contributed by atoms with Gasteiger partial charge in [-0.2, -0.15) is 0 Å². The summed E-state index contributed by atoms with van der Waals surface area (Å²) in [5.74, 6) is -0.247. The van der Waals surface area contributed by atoms with Crippen LogP contribution in [0.15, 0.2) is 59.5 Å². The predicted octanol–water partition coefficient (Wildman–Crippen LogP) is 4.61. The highest BCUT2D eigenvalue weighted by molar-refractivity contribution is 7.89. The van der Waals surface area contributed by atoms with Crippen LogP contribution >= 0.6 is 0 Å². The van der Waals surface area contributed by atoms with Crippen LogP contribution < -0.4 is 10.0 Å². The summed E-state index contributed by atoms with van der Waals surface area (Å²) in [5.41, 5.74) is 3.04. The predicted molar refractivity (Wildman–Crippen MR) is 140 cm³/mol. The summed E-state index contributed by atoms with van der Waals surface area (Å²) in [6.07, 6.45) is 0.628. The molecule has 36 heavy (non-hydrogen) atoms. The zero-order valence-electron chi connectivity index (χ0n) is 20.7. The molecule has 0 atom stereocenters. The highest BCUT2D eigenvalue weighted by Gasteiger charge is 2.28. The van der Waals surface area contributed by atoms with Crippen molar-refractivity contribution < 1.29 is 22.7 Å². The lowest BCUT2D eigenvalue weighted by atomic mass is 10.0. The van der Waals surface area contributed by atoms with Crippen LogP contribution in [0.1, 0.15) is 41.3 Å². The molecule has 0 spiro atoms. The Morgan fingerprint density at radius 2 is 1.67 bits per heavy atom. The quantitative estimate of drug-likeness (QED) is 0.505. The number of nitrogens with zero attached hydrogens (tertiary/aromatic N) is 1. The first-order chi connectivity index (χ1) is 17.2.